The van der Waals surface area contributed by atoms with E-state index in [1.807, 2.05) is 32.0 Å². The standard InChI is InChI=1S/C21H23N3O3/c1-13-4-9-19(10-14(13)2)24-12-16(11-20(24)26)21(27)23-18-7-5-17(6-8-18)22-15(3)25/h4-10,16H,11-12H2,1-3H3,(H,22,25)(H,23,27)/t16-/m1/s1. The molecule has 1 atom stereocenters. The maximum Gasteiger partial charge on any atom is 0.229 e. The lowest BCUT2D eigenvalue weighted by Gasteiger charge is -2.18. The molecule has 1 fully saturated rings. The van der Waals surface area contributed by atoms with Gasteiger partial charge in [-0.25, -0.2) is 0 Å². The minimum Gasteiger partial charge on any atom is -0.326 e. The molecule has 0 aliphatic carbocycles. The molecule has 6 nitrogen and oxygen atoms in total. The van der Waals surface area contributed by atoms with Gasteiger partial charge in [0, 0.05) is 37.0 Å². The number of aryl methyl sites for hydroxylation is 2. The summed E-state index contributed by atoms with van der Waals surface area (Å²) in [6.07, 6.45) is 0.197. The van der Waals surface area contributed by atoms with E-state index in [0.717, 1.165) is 11.3 Å². The fourth-order valence-corrected chi connectivity index (χ4v) is 3.11. The third-order valence-electron chi connectivity index (χ3n) is 4.77. The Labute approximate surface area is 158 Å². The fraction of sp³-hybridized carbons (Fsp3) is 0.286. The van der Waals surface area contributed by atoms with Crippen LogP contribution in [0.3, 0.4) is 0 Å². The van der Waals surface area contributed by atoms with E-state index in [2.05, 4.69) is 10.6 Å². The molecule has 0 saturated carbocycles. The van der Waals surface area contributed by atoms with Crippen LogP contribution in [-0.4, -0.2) is 24.3 Å². The Bertz CT molecular complexity index is 890. The molecule has 1 saturated heterocycles. The molecule has 2 aromatic rings. The molecule has 2 N–H and O–H groups in total. The molecule has 1 aliphatic heterocycles. The van der Waals surface area contributed by atoms with Gasteiger partial charge in [-0.1, -0.05) is 6.07 Å². The molecule has 1 aliphatic rings. The van der Waals surface area contributed by atoms with E-state index in [-0.39, 0.29) is 24.1 Å². The van der Waals surface area contributed by atoms with Crippen LogP contribution in [0.15, 0.2) is 42.5 Å². The summed E-state index contributed by atoms with van der Waals surface area (Å²) >= 11 is 0. The molecule has 0 spiro atoms. The van der Waals surface area contributed by atoms with Crippen molar-refractivity contribution in [1.29, 1.82) is 0 Å². The highest BCUT2D eigenvalue weighted by atomic mass is 16.2. The van der Waals surface area contributed by atoms with E-state index >= 15 is 0 Å². The molecule has 0 bridgehead atoms. The zero-order valence-electron chi connectivity index (χ0n) is 15.7. The topological polar surface area (TPSA) is 78.5 Å². The van der Waals surface area contributed by atoms with Crippen LogP contribution < -0.4 is 15.5 Å². The van der Waals surface area contributed by atoms with Crippen molar-refractivity contribution in [3.63, 3.8) is 0 Å². The van der Waals surface area contributed by atoms with E-state index in [0.29, 0.717) is 17.9 Å². The molecule has 0 unspecified atom stereocenters. The molecular formula is C21H23N3O3. The zero-order chi connectivity index (χ0) is 19.6. The van der Waals surface area contributed by atoms with E-state index in [1.165, 1.54) is 12.5 Å². The maximum atomic E-state index is 12.6. The molecule has 3 rings (SSSR count). The molecule has 6 heteroatoms. The smallest absolute Gasteiger partial charge is 0.229 e. The van der Waals surface area contributed by atoms with Crippen LogP contribution >= 0.6 is 0 Å². The monoisotopic (exact) mass is 365 g/mol. The van der Waals surface area contributed by atoms with E-state index in [9.17, 15) is 14.4 Å². The van der Waals surface area contributed by atoms with Gasteiger partial charge in [-0.15, -0.1) is 0 Å². The Kier molecular flexibility index (Phi) is 5.26. The van der Waals surface area contributed by atoms with Crippen LogP contribution in [0.1, 0.15) is 24.5 Å². The van der Waals surface area contributed by atoms with E-state index in [4.69, 9.17) is 0 Å². The van der Waals surface area contributed by atoms with Gasteiger partial charge < -0.3 is 15.5 Å². The molecule has 0 radical (unpaired) electrons. The summed E-state index contributed by atoms with van der Waals surface area (Å²) in [5.41, 5.74) is 4.41. The van der Waals surface area contributed by atoms with Crippen LogP contribution in [0.25, 0.3) is 0 Å². The lowest BCUT2D eigenvalue weighted by atomic mass is 10.1. The summed E-state index contributed by atoms with van der Waals surface area (Å²) in [4.78, 5) is 37.7. The number of hydrogen-bond acceptors (Lipinski definition) is 3. The summed E-state index contributed by atoms with van der Waals surface area (Å²) in [5, 5.41) is 5.52. The number of carbonyl (C=O) groups excluding carboxylic acids is 3. The second-order valence-electron chi connectivity index (χ2n) is 6.92. The Morgan fingerprint density at radius 1 is 0.963 bits per heavy atom. The summed E-state index contributed by atoms with van der Waals surface area (Å²) in [6, 6.07) is 12.8. The average molecular weight is 365 g/mol. The van der Waals surface area contributed by atoms with E-state index in [1.54, 1.807) is 29.2 Å². The Balaban J connectivity index is 1.65. The van der Waals surface area contributed by atoms with Crippen molar-refractivity contribution in [2.24, 2.45) is 5.92 Å². The fourth-order valence-electron chi connectivity index (χ4n) is 3.11. The number of rotatable bonds is 4. The second kappa shape index (κ2) is 7.61. The predicted octanol–water partition coefficient (Wildman–Crippen LogP) is 3.25. The largest absolute Gasteiger partial charge is 0.326 e. The number of anilines is 3. The van der Waals surface area contributed by atoms with Gasteiger partial charge in [0.15, 0.2) is 0 Å². The van der Waals surface area contributed by atoms with Crippen molar-refractivity contribution in [3.05, 3.63) is 53.6 Å². The van der Waals surface area contributed by atoms with E-state index < -0.39 is 5.92 Å². The number of nitrogens with one attached hydrogen (secondary N) is 2. The zero-order valence-corrected chi connectivity index (χ0v) is 15.7. The van der Waals surface area contributed by atoms with Gasteiger partial charge in [0.25, 0.3) is 0 Å². The van der Waals surface area contributed by atoms with Gasteiger partial charge in [0.05, 0.1) is 5.92 Å². The van der Waals surface area contributed by atoms with Crippen LogP contribution in [0.2, 0.25) is 0 Å². The highest BCUT2D eigenvalue weighted by Gasteiger charge is 2.35. The van der Waals surface area contributed by atoms with Crippen LogP contribution in [0.5, 0.6) is 0 Å². The third kappa shape index (κ3) is 4.34. The highest BCUT2D eigenvalue weighted by Crippen LogP contribution is 2.27. The number of hydrogen-bond donors (Lipinski definition) is 2. The van der Waals surface area contributed by atoms with Crippen molar-refractivity contribution in [2.75, 3.05) is 22.1 Å². The normalized spacial score (nSPS) is 16.3. The van der Waals surface area contributed by atoms with Gasteiger partial charge in [0.1, 0.15) is 0 Å². The lowest BCUT2D eigenvalue weighted by Crippen LogP contribution is -2.28. The average Bonchev–Trinajstić information content (AvgIpc) is 3.00. The van der Waals surface area contributed by atoms with Crippen molar-refractivity contribution < 1.29 is 14.4 Å². The molecule has 140 valence electrons. The van der Waals surface area contributed by atoms with Gasteiger partial charge >= 0.3 is 0 Å². The molecule has 2 aromatic carbocycles. The van der Waals surface area contributed by atoms with Gasteiger partial charge in [-0.3, -0.25) is 14.4 Å². The number of nitrogens with zero attached hydrogens (tertiary/aromatic N) is 1. The lowest BCUT2D eigenvalue weighted by molar-refractivity contribution is -0.122. The van der Waals surface area contributed by atoms with Gasteiger partial charge in [-0.05, 0) is 61.4 Å². The van der Waals surface area contributed by atoms with Crippen LogP contribution in [0, 0.1) is 19.8 Å². The van der Waals surface area contributed by atoms with Crippen molar-refractivity contribution in [2.45, 2.75) is 27.2 Å². The van der Waals surface area contributed by atoms with Crippen molar-refractivity contribution in [1.82, 2.24) is 0 Å². The highest BCUT2D eigenvalue weighted by molar-refractivity contribution is 6.03. The Hall–Kier alpha value is -3.15. The molecule has 27 heavy (non-hydrogen) atoms. The first-order valence-electron chi connectivity index (χ1n) is 8.89. The number of carbonyl (C=O) groups is 3. The van der Waals surface area contributed by atoms with Crippen LogP contribution in [-0.2, 0) is 14.4 Å². The Morgan fingerprint density at radius 3 is 2.19 bits per heavy atom. The van der Waals surface area contributed by atoms with Crippen LogP contribution in [0.4, 0.5) is 17.1 Å². The van der Waals surface area contributed by atoms with Gasteiger partial charge in [0.2, 0.25) is 17.7 Å². The summed E-state index contributed by atoms with van der Waals surface area (Å²) in [5.74, 6) is -0.766. The second-order valence-corrected chi connectivity index (χ2v) is 6.92. The summed E-state index contributed by atoms with van der Waals surface area (Å²) in [6.45, 7) is 5.85. The van der Waals surface area contributed by atoms with Crippen molar-refractivity contribution >= 4 is 34.8 Å². The minimum absolute atomic E-state index is 0.0422. The summed E-state index contributed by atoms with van der Waals surface area (Å²) in [7, 11) is 0. The molecule has 1 heterocycles. The third-order valence-corrected chi connectivity index (χ3v) is 4.77. The first-order valence-corrected chi connectivity index (χ1v) is 8.89. The SMILES string of the molecule is CC(=O)Nc1ccc(NC(=O)[C@@H]2CC(=O)N(c3ccc(C)c(C)c3)C2)cc1. The van der Waals surface area contributed by atoms with Crippen molar-refractivity contribution in [3.8, 4) is 0 Å². The summed E-state index contributed by atoms with van der Waals surface area (Å²) < 4.78 is 0. The molecule has 3 amide bonds. The first kappa shape index (κ1) is 18.6. The Morgan fingerprint density at radius 2 is 1.59 bits per heavy atom. The number of benzene rings is 2. The van der Waals surface area contributed by atoms with Gasteiger partial charge in [-0.2, -0.15) is 0 Å². The predicted molar refractivity (Wildman–Crippen MR) is 106 cm³/mol. The number of amides is 3. The quantitative estimate of drug-likeness (QED) is 0.873. The first-order chi connectivity index (χ1) is 12.8. The molecular weight excluding hydrogens is 342 g/mol. The minimum atomic E-state index is -0.394. The maximum absolute atomic E-state index is 12.6. The molecule has 0 aromatic heterocycles.